The maximum absolute atomic E-state index is 13.2. The van der Waals surface area contributed by atoms with E-state index in [0.29, 0.717) is 37.9 Å². The Hall–Kier alpha value is -3.52. The average molecular weight is 476 g/mol. The highest BCUT2D eigenvalue weighted by Crippen LogP contribution is 2.44. The number of nitrogen functional groups attached to an aromatic ring is 1. The number of morpholine rings is 1. The van der Waals surface area contributed by atoms with Crippen LogP contribution in [0.4, 0.5) is 16.2 Å². The van der Waals surface area contributed by atoms with Gasteiger partial charge in [0.1, 0.15) is 0 Å². The maximum Gasteiger partial charge on any atom is 0.319 e. The first kappa shape index (κ1) is 23.2. The van der Waals surface area contributed by atoms with Gasteiger partial charge < -0.3 is 30.6 Å². The molecule has 1 aliphatic carbocycles. The van der Waals surface area contributed by atoms with Crippen LogP contribution in [0.5, 0.6) is 0 Å². The lowest BCUT2D eigenvalue weighted by Crippen LogP contribution is -2.40. The third-order valence-corrected chi connectivity index (χ3v) is 6.86. The highest BCUT2D eigenvalue weighted by Gasteiger charge is 2.28. The average Bonchev–Trinajstić information content (AvgIpc) is 3.09. The fraction of sp³-hybridized carbons (Fsp3) is 0.407. The number of ether oxygens (including phenoxy) is 1. The number of rotatable bonds is 5. The van der Waals surface area contributed by atoms with Crippen LogP contribution in [0, 0.1) is 0 Å². The number of carbonyl (C=O) groups excluding carboxylic acids is 2. The number of urea groups is 1. The van der Waals surface area contributed by atoms with Crippen LogP contribution < -0.4 is 16.4 Å². The zero-order chi connectivity index (χ0) is 24.5. The van der Waals surface area contributed by atoms with Crippen molar-refractivity contribution in [3.63, 3.8) is 0 Å². The molecule has 0 unspecified atom stereocenters. The Bertz CT molecular complexity index is 1240. The van der Waals surface area contributed by atoms with E-state index in [0.717, 1.165) is 46.4 Å². The van der Waals surface area contributed by atoms with E-state index in [4.69, 9.17) is 10.5 Å². The summed E-state index contributed by atoms with van der Waals surface area (Å²) in [4.78, 5) is 27.1. The summed E-state index contributed by atoms with van der Waals surface area (Å²) in [6, 6.07) is 13.8. The lowest BCUT2D eigenvalue weighted by molar-refractivity contribution is 0.0303. The van der Waals surface area contributed by atoms with Crippen molar-refractivity contribution in [1.82, 2.24) is 14.8 Å². The Kier molecular flexibility index (Phi) is 6.38. The SMILES string of the molecule is CC(C)NC(=O)Nc1ccc(-c2c(N)c3ccc(C(=O)N4CCOCC4)cc3n2C2CCC2)cc1. The van der Waals surface area contributed by atoms with Gasteiger partial charge in [0.2, 0.25) is 0 Å². The number of nitrogens with zero attached hydrogens (tertiary/aromatic N) is 2. The van der Waals surface area contributed by atoms with Crippen LogP contribution in [0.15, 0.2) is 42.5 Å². The molecule has 0 radical (unpaired) electrons. The molecule has 184 valence electrons. The first-order valence-corrected chi connectivity index (χ1v) is 12.4. The van der Waals surface area contributed by atoms with Gasteiger partial charge in [-0.3, -0.25) is 4.79 Å². The maximum atomic E-state index is 13.2. The second kappa shape index (κ2) is 9.62. The summed E-state index contributed by atoms with van der Waals surface area (Å²) in [6.45, 7) is 6.23. The van der Waals surface area contributed by atoms with E-state index < -0.39 is 0 Å². The molecule has 1 aliphatic heterocycles. The summed E-state index contributed by atoms with van der Waals surface area (Å²) in [5.74, 6) is 0.0341. The lowest BCUT2D eigenvalue weighted by atomic mass is 9.92. The van der Waals surface area contributed by atoms with E-state index in [2.05, 4.69) is 15.2 Å². The lowest BCUT2D eigenvalue weighted by Gasteiger charge is -2.30. The van der Waals surface area contributed by atoms with Gasteiger partial charge in [-0.2, -0.15) is 0 Å². The minimum absolute atomic E-state index is 0.0341. The van der Waals surface area contributed by atoms with Crippen molar-refractivity contribution in [3.8, 4) is 11.3 Å². The molecule has 1 saturated carbocycles. The van der Waals surface area contributed by atoms with Gasteiger partial charge in [0, 0.05) is 47.4 Å². The predicted octanol–water partition coefficient (Wildman–Crippen LogP) is 4.62. The zero-order valence-electron chi connectivity index (χ0n) is 20.3. The van der Waals surface area contributed by atoms with Gasteiger partial charge in [-0.25, -0.2) is 4.79 Å². The molecule has 35 heavy (non-hydrogen) atoms. The molecule has 8 heteroatoms. The van der Waals surface area contributed by atoms with E-state index in [1.165, 1.54) is 6.42 Å². The van der Waals surface area contributed by atoms with Crippen molar-refractivity contribution in [3.05, 3.63) is 48.0 Å². The van der Waals surface area contributed by atoms with Crippen LogP contribution >= 0.6 is 0 Å². The standard InChI is InChI=1S/C27H33N5O3/c1-17(2)29-27(34)30-20-9-6-18(7-10-20)25-24(28)22-11-8-19(26(33)31-12-14-35-15-13-31)16-23(22)32(25)21-4-3-5-21/h6-11,16-17,21H,3-5,12-15,28H2,1-2H3,(H2,29,30,34). The minimum atomic E-state index is -0.228. The van der Waals surface area contributed by atoms with Crippen molar-refractivity contribution < 1.29 is 14.3 Å². The van der Waals surface area contributed by atoms with Crippen molar-refractivity contribution in [1.29, 1.82) is 0 Å². The van der Waals surface area contributed by atoms with Crippen LogP contribution in [0.1, 0.15) is 49.5 Å². The van der Waals surface area contributed by atoms with Crippen molar-refractivity contribution in [2.24, 2.45) is 0 Å². The number of fused-ring (bicyclic) bond motifs is 1. The molecule has 8 nitrogen and oxygen atoms in total. The largest absolute Gasteiger partial charge is 0.396 e. The molecule has 0 bridgehead atoms. The number of hydrogen-bond donors (Lipinski definition) is 3. The summed E-state index contributed by atoms with van der Waals surface area (Å²) in [5, 5.41) is 6.66. The van der Waals surface area contributed by atoms with Crippen LogP contribution in [-0.4, -0.2) is 53.8 Å². The molecule has 3 aromatic rings. The number of nitrogens with two attached hydrogens (primary N) is 1. The minimum Gasteiger partial charge on any atom is -0.396 e. The number of hydrogen-bond acceptors (Lipinski definition) is 4. The van der Waals surface area contributed by atoms with E-state index in [1.54, 1.807) is 0 Å². The molecular formula is C27H33N5O3. The van der Waals surface area contributed by atoms with Gasteiger partial charge in [-0.1, -0.05) is 12.1 Å². The van der Waals surface area contributed by atoms with Crippen LogP contribution in [0.25, 0.3) is 22.2 Å². The van der Waals surface area contributed by atoms with Gasteiger partial charge in [-0.05, 0) is 63.4 Å². The van der Waals surface area contributed by atoms with Crippen LogP contribution in [-0.2, 0) is 4.74 Å². The molecule has 1 saturated heterocycles. The number of anilines is 2. The molecule has 5 rings (SSSR count). The molecule has 2 aliphatic rings. The Morgan fingerprint density at radius 3 is 2.40 bits per heavy atom. The van der Waals surface area contributed by atoms with E-state index in [9.17, 15) is 9.59 Å². The highest BCUT2D eigenvalue weighted by atomic mass is 16.5. The van der Waals surface area contributed by atoms with Crippen LogP contribution in [0.3, 0.4) is 0 Å². The number of carbonyl (C=O) groups is 2. The highest BCUT2D eigenvalue weighted by molar-refractivity contribution is 6.05. The second-order valence-corrected chi connectivity index (χ2v) is 9.68. The van der Waals surface area contributed by atoms with Crippen LogP contribution in [0.2, 0.25) is 0 Å². The third kappa shape index (κ3) is 4.58. The first-order valence-electron chi connectivity index (χ1n) is 12.4. The molecule has 4 N–H and O–H groups in total. The molecule has 3 amide bonds. The summed E-state index contributed by atoms with van der Waals surface area (Å²) < 4.78 is 7.72. The zero-order valence-corrected chi connectivity index (χ0v) is 20.3. The predicted molar refractivity (Wildman–Crippen MR) is 139 cm³/mol. The van der Waals surface area contributed by atoms with Crippen molar-refractivity contribution >= 4 is 34.2 Å². The molecule has 2 heterocycles. The summed E-state index contributed by atoms with van der Waals surface area (Å²) in [7, 11) is 0. The van der Waals surface area contributed by atoms with E-state index in [-0.39, 0.29) is 18.0 Å². The Morgan fingerprint density at radius 1 is 1.06 bits per heavy atom. The number of nitrogens with one attached hydrogen (secondary N) is 2. The summed E-state index contributed by atoms with van der Waals surface area (Å²) >= 11 is 0. The molecule has 2 aromatic carbocycles. The Morgan fingerprint density at radius 2 is 1.77 bits per heavy atom. The molecule has 0 atom stereocenters. The fourth-order valence-corrected chi connectivity index (χ4v) is 4.88. The summed E-state index contributed by atoms with van der Waals surface area (Å²) in [6.07, 6.45) is 3.36. The fourth-order valence-electron chi connectivity index (χ4n) is 4.88. The topological polar surface area (TPSA) is 102 Å². The first-order chi connectivity index (χ1) is 16.9. The van der Waals surface area contributed by atoms with Gasteiger partial charge in [0.25, 0.3) is 5.91 Å². The van der Waals surface area contributed by atoms with Gasteiger partial charge >= 0.3 is 6.03 Å². The number of amides is 3. The van der Waals surface area contributed by atoms with Crippen molar-refractivity contribution in [2.75, 3.05) is 37.4 Å². The quantitative estimate of drug-likeness (QED) is 0.501. The van der Waals surface area contributed by atoms with E-state index in [1.807, 2.05) is 61.2 Å². The van der Waals surface area contributed by atoms with Crippen molar-refractivity contribution in [2.45, 2.75) is 45.2 Å². The van der Waals surface area contributed by atoms with Gasteiger partial charge in [0.05, 0.1) is 30.1 Å². The Balaban J connectivity index is 1.51. The smallest absolute Gasteiger partial charge is 0.319 e. The normalized spacial score (nSPS) is 16.4. The third-order valence-electron chi connectivity index (χ3n) is 6.86. The molecule has 1 aromatic heterocycles. The Labute approximate surface area is 205 Å². The van der Waals surface area contributed by atoms with Gasteiger partial charge in [-0.15, -0.1) is 0 Å². The molecule has 2 fully saturated rings. The number of aromatic nitrogens is 1. The van der Waals surface area contributed by atoms with E-state index >= 15 is 0 Å². The second-order valence-electron chi connectivity index (χ2n) is 9.68. The molecule has 0 spiro atoms. The number of benzene rings is 2. The molecular weight excluding hydrogens is 442 g/mol. The van der Waals surface area contributed by atoms with Gasteiger partial charge in [0.15, 0.2) is 0 Å². The monoisotopic (exact) mass is 475 g/mol. The summed E-state index contributed by atoms with van der Waals surface area (Å²) in [5.41, 5.74) is 11.8.